The summed E-state index contributed by atoms with van der Waals surface area (Å²) in [6, 6.07) is 3.97. The molecular weight excluding hydrogens is 405 g/mol. The molecule has 1 atom stereocenters. The summed E-state index contributed by atoms with van der Waals surface area (Å²) in [4.78, 5) is 5.34. The van der Waals surface area contributed by atoms with Crippen molar-refractivity contribution in [1.29, 1.82) is 0 Å². The average Bonchev–Trinajstić information content (AvgIpc) is 3.36. The van der Waals surface area contributed by atoms with Gasteiger partial charge < -0.3 is 4.84 Å². The molecule has 4 rings (SSSR count). The van der Waals surface area contributed by atoms with Crippen LogP contribution in [0.2, 0.25) is 0 Å². The van der Waals surface area contributed by atoms with Gasteiger partial charge in [-0.3, -0.25) is 4.68 Å². The first-order valence-corrected chi connectivity index (χ1v) is 11.2. The highest BCUT2D eigenvalue weighted by molar-refractivity contribution is 7.93. The Morgan fingerprint density at radius 2 is 2.00 bits per heavy atom. The van der Waals surface area contributed by atoms with Crippen LogP contribution in [0.3, 0.4) is 0 Å². The van der Waals surface area contributed by atoms with E-state index in [4.69, 9.17) is 4.84 Å². The molecule has 1 aromatic carbocycles. The van der Waals surface area contributed by atoms with Crippen LogP contribution in [0, 0.1) is 11.6 Å². The van der Waals surface area contributed by atoms with Crippen molar-refractivity contribution < 1.29 is 22.2 Å². The molecule has 6 nitrogen and oxygen atoms in total. The molecule has 29 heavy (non-hydrogen) atoms. The normalized spacial score (nSPS) is 29.4. The third-order valence-electron chi connectivity index (χ3n) is 5.47. The average molecular weight is 426 g/mol. The van der Waals surface area contributed by atoms with E-state index in [-0.39, 0.29) is 36.0 Å². The van der Waals surface area contributed by atoms with Gasteiger partial charge in [0.25, 0.3) is 0 Å². The summed E-state index contributed by atoms with van der Waals surface area (Å²) < 4.78 is 62.7. The second-order valence-electron chi connectivity index (χ2n) is 7.34. The van der Waals surface area contributed by atoms with Crippen molar-refractivity contribution in [2.24, 2.45) is 9.52 Å². The van der Waals surface area contributed by atoms with Crippen molar-refractivity contribution in [2.75, 3.05) is 18.6 Å². The minimum Gasteiger partial charge on any atom is -0.390 e. The molecule has 0 N–H and O–H groups in total. The van der Waals surface area contributed by atoms with E-state index in [0.717, 1.165) is 12.1 Å². The standard InChI is InChI=1S/C19H21F3N4O2S/c1-23-29(27)7-3-19(22,4-8-29)18-15(20)9-13(10-16(18)21)17-11-14(28-25-17)12-26-6-2-5-24-26/h2,5-6,9-10,14H,3-4,7-8,11-12H2,1H3/t14-,19?,29?/m1/s1. The fraction of sp³-hybridized carbons (Fsp3) is 0.474. The Morgan fingerprint density at radius 3 is 2.59 bits per heavy atom. The van der Waals surface area contributed by atoms with Crippen LogP contribution in [-0.4, -0.2) is 44.4 Å². The highest BCUT2D eigenvalue weighted by atomic mass is 32.2. The first-order chi connectivity index (χ1) is 13.8. The number of halogens is 3. The number of alkyl halides is 1. The Labute approximate surface area is 166 Å². The lowest BCUT2D eigenvalue weighted by molar-refractivity contribution is 0.0698. The van der Waals surface area contributed by atoms with Gasteiger partial charge in [-0.05, 0) is 31.0 Å². The van der Waals surface area contributed by atoms with Crippen LogP contribution in [0.4, 0.5) is 13.2 Å². The van der Waals surface area contributed by atoms with Crippen LogP contribution in [-0.2, 0) is 26.8 Å². The molecule has 0 unspecified atom stereocenters. The van der Waals surface area contributed by atoms with Gasteiger partial charge in [-0.15, -0.1) is 0 Å². The third kappa shape index (κ3) is 3.90. The first-order valence-electron chi connectivity index (χ1n) is 9.31. The molecule has 1 aromatic heterocycles. The summed E-state index contributed by atoms with van der Waals surface area (Å²) in [6.45, 7) is 0.457. The largest absolute Gasteiger partial charge is 0.390 e. The summed E-state index contributed by atoms with van der Waals surface area (Å²) in [5.74, 6) is -1.97. The molecule has 3 heterocycles. The minimum atomic E-state index is -2.48. The summed E-state index contributed by atoms with van der Waals surface area (Å²) in [5.41, 5.74) is -2.18. The molecule has 2 aliphatic heterocycles. The Balaban J connectivity index is 1.53. The molecule has 0 aliphatic carbocycles. The maximum absolute atomic E-state index is 15.4. The van der Waals surface area contributed by atoms with Crippen molar-refractivity contribution >= 4 is 15.4 Å². The fourth-order valence-electron chi connectivity index (χ4n) is 3.78. The maximum Gasteiger partial charge on any atom is 0.152 e. The Kier molecular flexibility index (Phi) is 5.14. The van der Waals surface area contributed by atoms with E-state index in [2.05, 4.69) is 14.6 Å². The van der Waals surface area contributed by atoms with Crippen LogP contribution in [0.15, 0.2) is 40.1 Å². The zero-order valence-electron chi connectivity index (χ0n) is 15.9. The molecule has 2 aromatic rings. The smallest absolute Gasteiger partial charge is 0.152 e. The van der Waals surface area contributed by atoms with Gasteiger partial charge >= 0.3 is 0 Å². The zero-order chi connectivity index (χ0) is 20.6. The molecule has 1 saturated heterocycles. The van der Waals surface area contributed by atoms with Crippen molar-refractivity contribution in [2.45, 2.75) is 37.6 Å². The topological polar surface area (TPSA) is 68.8 Å². The number of rotatable bonds is 4. The van der Waals surface area contributed by atoms with Gasteiger partial charge in [-0.2, -0.15) is 5.10 Å². The van der Waals surface area contributed by atoms with E-state index in [0.29, 0.717) is 18.7 Å². The van der Waals surface area contributed by atoms with Gasteiger partial charge in [0.1, 0.15) is 17.3 Å². The van der Waals surface area contributed by atoms with Crippen LogP contribution in [0.25, 0.3) is 0 Å². The lowest BCUT2D eigenvalue weighted by Crippen LogP contribution is -2.35. The predicted octanol–water partition coefficient (Wildman–Crippen LogP) is 3.41. The number of hydrogen-bond donors (Lipinski definition) is 0. The molecule has 0 spiro atoms. The Morgan fingerprint density at radius 1 is 1.31 bits per heavy atom. The van der Waals surface area contributed by atoms with E-state index in [9.17, 15) is 13.0 Å². The molecule has 2 aliphatic rings. The number of oxime groups is 1. The van der Waals surface area contributed by atoms with Gasteiger partial charge in [0, 0.05) is 52.7 Å². The van der Waals surface area contributed by atoms with Gasteiger partial charge in [0.15, 0.2) is 6.10 Å². The Bertz CT molecular complexity index is 1020. The van der Waals surface area contributed by atoms with Crippen molar-refractivity contribution in [3.8, 4) is 0 Å². The lowest BCUT2D eigenvalue weighted by atomic mass is 9.87. The minimum absolute atomic E-state index is 0.0176. The monoisotopic (exact) mass is 426 g/mol. The molecular formula is C19H21F3N4O2S. The molecule has 10 heteroatoms. The van der Waals surface area contributed by atoms with E-state index >= 15 is 4.39 Å². The molecule has 1 fully saturated rings. The van der Waals surface area contributed by atoms with E-state index in [1.165, 1.54) is 7.05 Å². The molecule has 156 valence electrons. The third-order valence-corrected chi connectivity index (χ3v) is 7.82. The van der Waals surface area contributed by atoms with E-state index in [1.54, 1.807) is 23.1 Å². The number of hydrogen-bond acceptors (Lipinski definition) is 5. The number of aromatic nitrogens is 2. The second kappa shape index (κ2) is 7.47. The van der Waals surface area contributed by atoms with Crippen molar-refractivity contribution in [3.63, 3.8) is 0 Å². The quantitative estimate of drug-likeness (QED) is 0.752. The van der Waals surface area contributed by atoms with Crippen LogP contribution in [0.1, 0.15) is 30.4 Å². The van der Waals surface area contributed by atoms with E-state index in [1.807, 2.05) is 0 Å². The van der Waals surface area contributed by atoms with Crippen LogP contribution in [0.5, 0.6) is 0 Å². The van der Waals surface area contributed by atoms with Gasteiger partial charge in [0.2, 0.25) is 0 Å². The molecule has 0 radical (unpaired) electrons. The number of benzene rings is 1. The van der Waals surface area contributed by atoms with Crippen molar-refractivity contribution in [3.05, 3.63) is 53.4 Å². The zero-order valence-corrected chi connectivity index (χ0v) is 16.7. The van der Waals surface area contributed by atoms with Crippen LogP contribution >= 0.6 is 0 Å². The van der Waals surface area contributed by atoms with Crippen LogP contribution < -0.4 is 0 Å². The highest BCUT2D eigenvalue weighted by Gasteiger charge is 2.42. The maximum atomic E-state index is 15.4. The SMILES string of the molecule is CN=S1(=O)CCC(F)(c2c(F)cc(C3=NO[C@@H](Cn4cccn4)C3)cc2F)CC1. The number of nitrogens with zero attached hydrogens (tertiary/aromatic N) is 4. The van der Waals surface area contributed by atoms with Gasteiger partial charge in [0.05, 0.1) is 17.8 Å². The molecule has 0 bridgehead atoms. The second-order valence-corrected chi connectivity index (χ2v) is 10.1. The lowest BCUT2D eigenvalue weighted by Gasteiger charge is -2.32. The fourth-order valence-corrected chi connectivity index (χ4v) is 5.64. The highest BCUT2D eigenvalue weighted by Crippen LogP contribution is 2.41. The molecule has 0 amide bonds. The Hall–Kier alpha value is -2.36. The summed E-state index contributed by atoms with van der Waals surface area (Å²) >= 11 is 0. The predicted molar refractivity (Wildman–Crippen MR) is 103 cm³/mol. The summed E-state index contributed by atoms with van der Waals surface area (Å²) in [6.07, 6.45) is 3.03. The van der Waals surface area contributed by atoms with Crippen molar-refractivity contribution in [1.82, 2.24) is 9.78 Å². The summed E-state index contributed by atoms with van der Waals surface area (Å²) in [5, 5.41) is 8.03. The first kappa shape index (κ1) is 19.9. The van der Waals surface area contributed by atoms with Gasteiger partial charge in [-0.25, -0.2) is 21.7 Å². The van der Waals surface area contributed by atoms with Gasteiger partial charge in [-0.1, -0.05) is 5.16 Å². The summed E-state index contributed by atoms with van der Waals surface area (Å²) in [7, 11) is -1.06. The van der Waals surface area contributed by atoms with E-state index < -0.39 is 32.6 Å². The molecule has 0 saturated carbocycles.